The number of hydrogen-bond donors (Lipinski definition) is 1. The van der Waals surface area contributed by atoms with E-state index in [0.29, 0.717) is 39.7 Å². The topological polar surface area (TPSA) is 55.8 Å². The van der Waals surface area contributed by atoms with Gasteiger partial charge in [0.1, 0.15) is 22.2 Å². The maximum absolute atomic E-state index is 15.4. The molecule has 0 bridgehead atoms. The van der Waals surface area contributed by atoms with Crippen molar-refractivity contribution >= 4 is 28.7 Å². The number of fused-ring (bicyclic) bond motifs is 1. The van der Waals surface area contributed by atoms with Crippen LogP contribution in [-0.2, 0) is 4.79 Å². The van der Waals surface area contributed by atoms with Crippen LogP contribution in [0.25, 0.3) is 11.1 Å². The summed E-state index contributed by atoms with van der Waals surface area (Å²) in [7, 11) is 0. The van der Waals surface area contributed by atoms with Crippen molar-refractivity contribution in [3.8, 4) is 11.5 Å². The van der Waals surface area contributed by atoms with Crippen LogP contribution < -0.4 is 9.47 Å². The predicted molar refractivity (Wildman–Crippen MR) is 134 cm³/mol. The summed E-state index contributed by atoms with van der Waals surface area (Å²) in [5, 5.41) is 9.21. The van der Waals surface area contributed by atoms with Crippen molar-refractivity contribution in [1.29, 1.82) is 0 Å². The molecule has 0 aliphatic carbocycles. The standard InChI is InChI=1S/C27H34ClFO4/c1-9-18(22(29)11-10-17(6)12-23(30)31)19-13-20-21(15(2)3)14-27(7,8)33-26(20)24(28)25(19)32-16(4)5/h10-16H,9H2,1-8H3,(H,30,31)/b11-10+,17-12+,22-18+. The lowest BCUT2D eigenvalue weighted by Gasteiger charge is -2.34. The van der Waals surface area contributed by atoms with Gasteiger partial charge < -0.3 is 14.6 Å². The number of allylic oxidation sites excluding steroid dienone is 6. The van der Waals surface area contributed by atoms with E-state index < -0.39 is 17.4 Å². The minimum absolute atomic E-state index is 0.187. The zero-order valence-corrected chi connectivity index (χ0v) is 21.4. The van der Waals surface area contributed by atoms with E-state index in [4.69, 9.17) is 26.2 Å². The molecule has 1 aliphatic rings. The average Bonchev–Trinajstić information content (AvgIpc) is 2.68. The van der Waals surface area contributed by atoms with Crippen molar-refractivity contribution in [3.05, 3.63) is 57.9 Å². The number of hydrogen-bond acceptors (Lipinski definition) is 3. The summed E-state index contributed by atoms with van der Waals surface area (Å²) < 4.78 is 27.7. The van der Waals surface area contributed by atoms with Gasteiger partial charge in [-0.05, 0) is 81.9 Å². The van der Waals surface area contributed by atoms with Gasteiger partial charge in [0.2, 0.25) is 0 Å². The van der Waals surface area contributed by atoms with E-state index >= 15 is 4.39 Å². The third-order valence-corrected chi connectivity index (χ3v) is 5.49. The van der Waals surface area contributed by atoms with Crippen molar-refractivity contribution in [2.75, 3.05) is 0 Å². The first-order chi connectivity index (χ1) is 15.3. The van der Waals surface area contributed by atoms with E-state index in [2.05, 4.69) is 19.9 Å². The van der Waals surface area contributed by atoms with Gasteiger partial charge in [0.05, 0.1) is 6.10 Å². The fourth-order valence-corrected chi connectivity index (χ4v) is 4.05. The number of carbonyl (C=O) groups is 1. The van der Waals surface area contributed by atoms with E-state index in [1.54, 1.807) is 6.92 Å². The molecule has 6 heteroatoms. The minimum Gasteiger partial charge on any atom is -0.489 e. The van der Waals surface area contributed by atoms with Gasteiger partial charge in [-0.15, -0.1) is 0 Å². The first-order valence-corrected chi connectivity index (χ1v) is 11.6. The number of benzene rings is 1. The van der Waals surface area contributed by atoms with Gasteiger partial charge in [0, 0.05) is 17.2 Å². The third-order valence-electron chi connectivity index (χ3n) is 5.14. The number of rotatable bonds is 8. The molecule has 1 N–H and O–H groups in total. The summed E-state index contributed by atoms with van der Waals surface area (Å²) in [4.78, 5) is 10.9. The summed E-state index contributed by atoms with van der Waals surface area (Å²) in [6, 6.07) is 1.90. The highest BCUT2D eigenvalue weighted by Gasteiger charge is 2.33. The van der Waals surface area contributed by atoms with Crippen molar-refractivity contribution in [2.45, 2.75) is 73.5 Å². The van der Waals surface area contributed by atoms with Crippen LogP contribution in [0.15, 0.2) is 41.8 Å². The second-order valence-corrected chi connectivity index (χ2v) is 9.69. The SMILES string of the molecule is CC/C(=C(F)/C=C/C(C)=C/C(=O)O)c1cc2c(c(Cl)c1OC(C)C)OC(C)(C)C=C2C(C)C. The fourth-order valence-electron chi connectivity index (χ4n) is 3.76. The first-order valence-electron chi connectivity index (χ1n) is 11.2. The van der Waals surface area contributed by atoms with Crippen molar-refractivity contribution in [1.82, 2.24) is 0 Å². The largest absolute Gasteiger partial charge is 0.489 e. The van der Waals surface area contributed by atoms with Crippen LogP contribution in [0.3, 0.4) is 0 Å². The molecule has 2 rings (SSSR count). The molecule has 0 fully saturated rings. The van der Waals surface area contributed by atoms with E-state index in [-0.39, 0.29) is 12.0 Å². The van der Waals surface area contributed by atoms with Crippen molar-refractivity contribution < 1.29 is 23.8 Å². The Balaban J connectivity index is 2.80. The minimum atomic E-state index is -1.08. The second-order valence-electron chi connectivity index (χ2n) is 9.31. The molecule has 0 amide bonds. The van der Waals surface area contributed by atoms with Crippen LogP contribution in [0.5, 0.6) is 11.5 Å². The molecule has 0 atom stereocenters. The molecule has 1 aliphatic heterocycles. The zero-order valence-electron chi connectivity index (χ0n) is 20.7. The second kappa shape index (κ2) is 10.6. The van der Waals surface area contributed by atoms with Crippen molar-refractivity contribution in [3.63, 3.8) is 0 Å². The quantitative estimate of drug-likeness (QED) is 0.305. The summed E-state index contributed by atoms with van der Waals surface area (Å²) in [5.41, 5.74) is 2.76. The maximum Gasteiger partial charge on any atom is 0.328 e. The Morgan fingerprint density at radius 2 is 1.91 bits per heavy atom. The molecule has 0 aromatic heterocycles. The lowest BCUT2D eigenvalue weighted by molar-refractivity contribution is -0.131. The maximum atomic E-state index is 15.4. The van der Waals surface area contributed by atoms with E-state index in [1.165, 1.54) is 12.2 Å². The number of halogens is 2. The molecular weight excluding hydrogens is 443 g/mol. The van der Waals surface area contributed by atoms with Gasteiger partial charge in [-0.2, -0.15) is 0 Å². The van der Waals surface area contributed by atoms with Gasteiger partial charge in [-0.1, -0.05) is 38.4 Å². The molecular formula is C27H34ClFO4. The molecule has 0 saturated carbocycles. The lowest BCUT2D eigenvalue weighted by atomic mass is 9.85. The van der Waals surface area contributed by atoms with Crippen LogP contribution in [-0.4, -0.2) is 22.8 Å². The molecule has 1 aromatic rings. The highest BCUT2D eigenvalue weighted by Crippen LogP contribution is 2.51. The van der Waals surface area contributed by atoms with Gasteiger partial charge in [-0.25, -0.2) is 9.18 Å². The normalized spacial score (nSPS) is 16.5. The lowest BCUT2D eigenvalue weighted by Crippen LogP contribution is -2.30. The van der Waals surface area contributed by atoms with E-state index in [9.17, 15) is 4.79 Å². The Morgan fingerprint density at radius 1 is 1.27 bits per heavy atom. The van der Waals surface area contributed by atoms with Crippen LogP contribution in [0.2, 0.25) is 5.02 Å². The average molecular weight is 477 g/mol. The van der Waals surface area contributed by atoms with Crippen LogP contribution in [0, 0.1) is 5.92 Å². The Kier molecular flexibility index (Phi) is 8.58. The van der Waals surface area contributed by atoms with Gasteiger partial charge in [-0.3, -0.25) is 0 Å². The summed E-state index contributed by atoms with van der Waals surface area (Å²) in [6.07, 6.45) is 6.01. The zero-order chi connectivity index (χ0) is 25.1. The molecule has 0 unspecified atom stereocenters. The molecule has 4 nitrogen and oxygen atoms in total. The predicted octanol–water partition coefficient (Wildman–Crippen LogP) is 8.02. The van der Waals surface area contributed by atoms with Gasteiger partial charge >= 0.3 is 5.97 Å². The molecule has 0 radical (unpaired) electrons. The highest BCUT2D eigenvalue weighted by molar-refractivity contribution is 6.34. The molecule has 1 aromatic carbocycles. The van der Waals surface area contributed by atoms with E-state index in [0.717, 1.165) is 17.2 Å². The number of ether oxygens (including phenoxy) is 2. The molecule has 0 spiro atoms. The Labute approximate surface area is 201 Å². The summed E-state index contributed by atoms with van der Waals surface area (Å²) >= 11 is 6.85. The summed E-state index contributed by atoms with van der Waals surface area (Å²) in [5.74, 6) is -0.437. The Bertz CT molecular complexity index is 1040. The molecule has 0 saturated heterocycles. The molecule has 1 heterocycles. The third kappa shape index (κ3) is 6.50. The van der Waals surface area contributed by atoms with Gasteiger partial charge in [0.15, 0.2) is 5.75 Å². The Hall–Kier alpha value is -2.53. The van der Waals surface area contributed by atoms with Gasteiger partial charge in [0.25, 0.3) is 0 Å². The first kappa shape index (κ1) is 26.7. The van der Waals surface area contributed by atoms with Crippen LogP contribution in [0.4, 0.5) is 4.39 Å². The smallest absolute Gasteiger partial charge is 0.328 e. The molecule has 180 valence electrons. The highest BCUT2D eigenvalue weighted by atomic mass is 35.5. The number of aliphatic carboxylic acids is 1. The number of carboxylic acid groups (broad SMARTS) is 1. The fraction of sp³-hybridized carbons (Fsp3) is 0.444. The summed E-state index contributed by atoms with van der Waals surface area (Å²) in [6.45, 7) is 15.4. The molecule has 33 heavy (non-hydrogen) atoms. The van der Waals surface area contributed by atoms with Crippen LogP contribution in [0.1, 0.15) is 72.9 Å². The van der Waals surface area contributed by atoms with E-state index in [1.807, 2.05) is 40.7 Å². The monoisotopic (exact) mass is 476 g/mol. The Morgan fingerprint density at radius 3 is 2.42 bits per heavy atom. The van der Waals surface area contributed by atoms with Crippen molar-refractivity contribution in [2.24, 2.45) is 5.92 Å². The number of carboxylic acids is 1. The van der Waals surface area contributed by atoms with Crippen LogP contribution >= 0.6 is 11.6 Å².